The van der Waals surface area contributed by atoms with E-state index >= 15 is 0 Å². The van der Waals surface area contributed by atoms with Gasteiger partial charge >= 0.3 is 0 Å². The summed E-state index contributed by atoms with van der Waals surface area (Å²) in [6, 6.07) is 3.76. The summed E-state index contributed by atoms with van der Waals surface area (Å²) in [5.41, 5.74) is 5.71. The number of anilines is 1. The molecule has 0 saturated heterocycles. The molecular weight excluding hydrogens is 328 g/mol. The molecule has 1 aliphatic rings. The number of hydrogen-bond donors (Lipinski definition) is 2. The van der Waals surface area contributed by atoms with Crippen LogP contribution >= 0.6 is 0 Å². The van der Waals surface area contributed by atoms with Crippen LogP contribution in [0.15, 0.2) is 18.2 Å². The van der Waals surface area contributed by atoms with Crippen molar-refractivity contribution < 1.29 is 19.2 Å². The Hall–Kier alpha value is -2.68. The van der Waals surface area contributed by atoms with E-state index in [9.17, 15) is 19.7 Å². The quantitative estimate of drug-likeness (QED) is 0.553. The molecule has 3 N–H and O–H groups in total. The number of nitrogens with zero attached hydrogens (tertiary/aromatic N) is 2. The second kappa shape index (κ2) is 7.93. The second-order valence-electron chi connectivity index (χ2n) is 6.31. The number of hydrogen-bond acceptors (Lipinski definition) is 6. The van der Waals surface area contributed by atoms with Gasteiger partial charge in [-0.3, -0.25) is 24.6 Å². The topological polar surface area (TPSA) is 128 Å². The van der Waals surface area contributed by atoms with Crippen LogP contribution in [0.3, 0.4) is 0 Å². The molecule has 0 radical (unpaired) electrons. The molecule has 0 fully saturated rings. The van der Waals surface area contributed by atoms with Crippen molar-refractivity contribution in [3.63, 3.8) is 0 Å². The second-order valence-corrected chi connectivity index (χ2v) is 6.31. The van der Waals surface area contributed by atoms with Gasteiger partial charge in [-0.05, 0) is 18.4 Å². The Morgan fingerprint density at radius 3 is 2.80 bits per heavy atom. The maximum atomic E-state index is 12.3. The summed E-state index contributed by atoms with van der Waals surface area (Å²) in [7, 11) is 0. The smallest absolute Gasteiger partial charge is 0.271 e. The lowest BCUT2D eigenvalue weighted by atomic mass is 10.0. The van der Waals surface area contributed by atoms with E-state index < -0.39 is 10.8 Å². The van der Waals surface area contributed by atoms with E-state index in [1.165, 1.54) is 23.1 Å². The molecule has 9 heteroatoms. The van der Waals surface area contributed by atoms with E-state index in [0.717, 1.165) is 6.42 Å². The van der Waals surface area contributed by atoms with Gasteiger partial charge in [-0.1, -0.05) is 13.8 Å². The van der Waals surface area contributed by atoms with Gasteiger partial charge in [0.25, 0.3) is 11.6 Å². The molecule has 1 unspecified atom stereocenters. The van der Waals surface area contributed by atoms with Gasteiger partial charge in [0.1, 0.15) is 12.3 Å². The third kappa shape index (κ3) is 4.66. The summed E-state index contributed by atoms with van der Waals surface area (Å²) in [5.74, 6) is -0.113. The molecule has 2 rings (SSSR count). The molecule has 25 heavy (non-hydrogen) atoms. The lowest BCUT2D eigenvalue weighted by Gasteiger charge is -2.29. The fourth-order valence-corrected chi connectivity index (χ4v) is 2.68. The number of nitrogens with one attached hydrogen (secondary N) is 1. The number of carbonyl (C=O) groups is 2. The van der Waals surface area contributed by atoms with Gasteiger partial charge < -0.3 is 15.8 Å². The monoisotopic (exact) mass is 350 g/mol. The van der Waals surface area contributed by atoms with Crippen LogP contribution in [0, 0.1) is 16.0 Å². The summed E-state index contributed by atoms with van der Waals surface area (Å²) in [6.07, 6.45) is 0.724. The average molecular weight is 350 g/mol. The van der Waals surface area contributed by atoms with Crippen molar-refractivity contribution in [2.45, 2.75) is 26.3 Å². The van der Waals surface area contributed by atoms with Crippen molar-refractivity contribution in [1.82, 2.24) is 5.32 Å². The van der Waals surface area contributed by atoms with Crippen LogP contribution in [-0.2, 0) is 9.59 Å². The third-order valence-electron chi connectivity index (χ3n) is 3.80. The van der Waals surface area contributed by atoms with Gasteiger partial charge in [0.15, 0.2) is 6.61 Å². The number of benzene rings is 1. The number of nitro groups is 1. The van der Waals surface area contributed by atoms with Crippen LogP contribution in [0.1, 0.15) is 20.3 Å². The first kappa shape index (κ1) is 18.7. The van der Waals surface area contributed by atoms with Crippen molar-refractivity contribution in [3.05, 3.63) is 28.3 Å². The molecular formula is C16H22N4O5. The number of fused-ring (bicyclic) bond motifs is 1. The molecule has 2 amide bonds. The van der Waals surface area contributed by atoms with Gasteiger partial charge in [0.2, 0.25) is 5.91 Å². The highest BCUT2D eigenvalue weighted by Crippen LogP contribution is 2.35. The van der Waals surface area contributed by atoms with Crippen LogP contribution < -0.4 is 20.7 Å². The number of carbonyl (C=O) groups excluding carboxylic acids is 2. The first-order chi connectivity index (χ1) is 11.8. The number of nitrogens with two attached hydrogens (primary N) is 1. The molecule has 0 aromatic heterocycles. The minimum absolute atomic E-state index is 0.179. The molecule has 1 aromatic carbocycles. The molecule has 1 heterocycles. The maximum Gasteiger partial charge on any atom is 0.271 e. The summed E-state index contributed by atoms with van der Waals surface area (Å²) < 4.78 is 5.27. The van der Waals surface area contributed by atoms with Crippen molar-refractivity contribution in [3.8, 4) is 5.75 Å². The maximum absolute atomic E-state index is 12.3. The Morgan fingerprint density at radius 1 is 1.48 bits per heavy atom. The van der Waals surface area contributed by atoms with Crippen molar-refractivity contribution in [2.75, 3.05) is 24.6 Å². The van der Waals surface area contributed by atoms with Crippen LogP contribution in [0.4, 0.5) is 11.4 Å². The van der Waals surface area contributed by atoms with E-state index in [-0.39, 0.29) is 36.5 Å². The Bertz CT molecular complexity index is 676. The summed E-state index contributed by atoms with van der Waals surface area (Å²) >= 11 is 0. The fraction of sp³-hybridized carbons (Fsp3) is 0.500. The molecule has 1 aromatic rings. The van der Waals surface area contributed by atoms with Crippen molar-refractivity contribution in [1.29, 1.82) is 0 Å². The molecule has 0 aliphatic carbocycles. The number of non-ortho nitro benzene ring substituents is 1. The Labute approximate surface area is 145 Å². The van der Waals surface area contributed by atoms with Gasteiger partial charge in [0, 0.05) is 24.7 Å². The van der Waals surface area contributed by atoms with Gasteiger partial charge in [-0.25, -0.2) is 0 Å². The van der Waals surface area contributed by atoms with Crippen molar-refractivity contribution >= 4 is 23.2 Å². The van der Waals surface area contributed by atoms with Gasteiger partial charge in [0.05, 0.1) is 10.6 Å². The average Bonchev–Trinajstić information content (AvgIpc) is 2.55. The minimum atomic E-state index is -0.565. The zero-order valence-electron chi connectivity index (χ0n) is 14.2. The van der Waals surface area contributed by atoms with Gasteiger partial charge in [-0.15, -0.1) is 0 Å². The Balaban J connectivity index is 2.16. The van der Waals surface area contributed by atoms with E-state index in [4.69, 9.17) is 10.5 Å². The number of amides is 2. The van der Waals surface area contributed by atoms with Crippen LogP contribution in [0.5, 0.6) is 5.75 Å². The van der Waals surface area contributed by atoms with E-state index in [1.54, 1.807) is 0 Å². The molecule has 136 valence electrons. The highest BCUT2D eigenvalue weighted by atomic mass is 16.6. The molecule has 1 atom stereocenters. The van der Waals surface area contributed by atoms with E-state index in [1.807, 2.05) is 13.8 Å². The molecule has 0 saturated carbocycles. The minimum Gasteiger partial charge on any atom is -0.482 e. The van der Waals surface area contributed by atoms with E-state index in [2.05, 4.69) is 5.32 Å². The van der Waals surface area contributed by atoms with Crippen LogP contribution in [0.2, 0.25) is 0 Å². The summed E-state index contributed by atoms with van der Waals surface area (Å²) in [4.78, 5) is 36.0. The lowest BCUT2D eigenvalue weighted by Crippen LogP contribution is -2.49. The van der Waals surface area contributed by atoms with E-state index in [0.29, 0.717) is 18.2 Å². The predicted octanol–water partition coefficient (Wildman–Crippen LogP) is 0.810. The lowest BCUT2D eigenvalue weighted by molar-refractivity contribution is -0.384. The highest BCUT2D eigenvalue weighted by Gasteiger charge is 2.29. The Kier molecular flexibility index (Phi) is 5.92. The first-order valence-electron chi connectivity index (χ1n) is 8.02. The molecule has 9 nitrogen and oxygen atoms in total. The summed E-state index contributed by atoms with van der Waals surface area (Å²) in [6.45, 7) is 3.88. The number of ether oxygens (including phenoxy) is 1. The Morgan fingerprint density at radius 2 is 2.20 bits per heavy atom. The third-order valence-corrected chi connectivity index (χ3v) is 3.80. The standard InChI is InChI=1S/C16H22N4O5/c1-10(2)5-11(7-17)18-15(21)8-19-13-6-12(20(23)24)3-4-14(13)25-9-16(19)22/h3-4,6,10-11H,5,7-9,17H2,1-2H3,(H,18,21). The zero-order valence-corrected chi connectivity index (χ0v) is 14.2. The van der Waals surface area contributed by atoms with Gasteiger partial charge in [-0.2, -0.15) is 0 Å². The highest BCUT2D eigenvalue weighted by molar-refractivity contribution is 6.02. The molecule has 1 aliphatic heterocycles. The van der Waals surface area contributed by atoms with Crippen molar-refractivity contribution in [2.24, 2.45) is 11.7 Å². The van der Waals surface area contributed by atoms with Crippen LogP contribution in [-0.4, -0.2) is 42.5 Å². The largest absolute Gasteiger partial charge is 0.482 e. The normalized spacial score (nSPS) is 14.7. The van der Waals surface area contributed by atoms with Crippen LogP contribution in [0.25, 0.3) is 0 Å². The first-order valence-corrected chi connectivity index (χ1v) is 8.02. The SMILES string of the molecule is CC(C)CC(CN)NC(=O)CN1C(=O)COc2ccc([N+](=O)[O-])cc21. The zero-order chi connectivity index (χ0) is 18.6. The molecule has 0 spiro atoms. The molecule has 0 bridgehead atoms. The number of rotatable bonds is 7. The summed E-state index contributed by atoms with van der Waals surface area (Å²) in [5, 5.41) is 13.8. The number of nitro benzene ring substituents is 1. The fourth-order valence-electron chi connectivity index (χ4n) is 2.68. The predicted molar refractivity (Wildman–Crippen MR) is 91.4 cm³/mol.